The van der Waals surface area contributed by atoms with Gasteiger partial charge in [0.05, 0.1) is 17.3 Å². The zero-order valence-corrected chi connectivity index (χ0v) is 11.7. The van der Waals surface area contributed by atoms with Crippen molar-refractivity contribution in [2.45, 2.75) is 25.4 Å². The first-order chi connectivity index (χ1) is 9.17. The predicted molar refractivity (Wildman–Crippen MR) is 78.1 cm³/mol. The van der Waals surface area contributed by atoms with Crippen molar-refractivity contribution < 1.29 is 0 Å². The van der Waals surface area contributed by atoms with Crippen molar-refractivity contribution in [3.05, 3.63) is 29.8 Å². The van der Waals surface area contributed by atoms with E-state index in [-0.39, 0.29) is 6.04 Å². The van der Waals surface area contributed by atoms with Crippen LogP contribution in [-0.2, 0) is 0 Å². The first-order valence-corrected chi connectivity index (χ1v) is 6.83. The van der Waals surface area contributed by atoms with Gasteiger partial charge in [0, 0.05) is 19.1 Å². The number of nitriles is 1. The van der Waals surface area contributed by atoms with Gasteiger partial charge in [0.2, 0.25) is 0 Å². The van der Waals surface area contributed by atoms with Crippen LogP contribution in [0.3, 0.4) is 0 Å². The van der Waals surface area contributed by atoms with E-state index in [1.54, 1.807) is 0 Å². The molecular formula is C15H22N4. The van der Waals surface area contributed by atoms with Gasteiger partial charge in [0.1, 0.15) is 6.07 Å². The molecule has 1 aromatic carbocycles. The molecule has 1 heterocycles. The summed E-state index contributed by atoms with van der Waals surface area (Å²) in [7, 11) is 2.13. The second-order valence-electron chi connectivity index (χ2n) is 5.33. The molecule has 0 aliphatic carbocycles. The van der Waals surface area contributed by atoms with E-state index < -0.39 is 0 Å². The number of likely N-dealkylation sites (N-methyl/N-ethyl adjacent to an activating group) is 1. The molecule has 2 rings (SSSR count). The van der Waals surface area contributed by atoms with Crippen molar-refractivity contribution in [3.8, 4) is 6.07 Å². The molecule has 1 aliphatic heterocycles. The third-order valence-electron chi connectivity index (χ3n) is 3.89. The molecule has 0 radical (unpaired) electrons. The van der Waals surface area contributed by atoms with Crippen molar-refractivity contribution in [3.63, 3.8) is 0 Å². The molecule has 1 fully saturated rings. The molecule has 1 aliphatic rings. The van der Waals surface area contributed by atoms with E-state index >= 15 is 0 Å². The van der Waals surface area contributed by atoms with Crippen LogP contribution in [-0.4, -0.2) is 43.7 Å². The lowest BCUT2D eigenvalue weighted by Gasteiger charge is -2.36. The van der Waals surface area contributed by atoms with E-state index in [0.29, 0.717) is 12.6 Å². The SMILES string of the molecule is CC1CCN(C)CC(CN)N1c1ccccc1C#N. The molecule has 2 atom stereocenters. The van der Waals surface area contributed by atoms with Gasteiger partial charge in [-0.1, -0.05) is 12.1 Å². The average Bonchev–Trinajstić information content (AvgIpc) is 2.58. The summed E-state index contributed by atoms with van der Waals surface area (Å²) in [5.41, 5.74) is 7.72. The summed E-state index contributed by atoms with van der Waals surface area (Å²) in [6.07, 6.45) is 1.09. The lowest BCUT2D eigenvalue weighted by molar-refractivity contribution is 0.332. The number of nitrogens with zero attached hydrogens (tertiary/aromatic N) is 3. The van der Waals surface area contributed by atoms with Crippen LogP contribution in [0.4, 0.5) is 5.69 Å². The van der Waals surface area contributed by atoms with Crippen molar-refractivity contribution in [2.75, 3.05) is 31.6 Å². The quantitative estimate of drug-likeness (QED) is 0.871. The molecule has 1 saturated heterocycles. The minimum atomic E-state index is 0.261. The molecule has 0 aromatic heterocycles. The van der Waals surface area contributed by atoms with Crippen LogP contribution >= 0.6 is 0 Å². The molecule has 2 N–H and O–H groups in total. The van der Waals surface area contributed by atoms with Gasteiger partial charge in [0.25, 0.3) is 0 Å². The maximum atomic E-state index is 9.30. The number of rotatable bonds is 2. The Hall–Kier alpha value is -1.57. The lowest BCUT2D eigenvalue weighted by Crippen LogP contribution is -2.48. The van der Waals surface area contributed by atoms with Gasteiger partial charge in [-0.25, -0.2) is 0 Å². The highest BCUT2D eigenvalue weighted by Gasteiger charge is 2.28. The molecule has 19 heavy (non-hydrogen) atoms. The van der Waals surface area contributed by atoms with E-state index in [9.17, 15) is 5.26 Å². The van der Waals surface area contributed by atoms with Crippen molar-refractivity contribution in [1.82, 2.24) is 4.90 Å². The Kier molecular flexibility index (Phi) is 4.41. The summed E-state index contributed by atoms with van der Waals surface area (Å²) in [6, 6.07) is 10.8. The third kappa shape index (κ3) is 2.89. The van der Waals surface area contributed by atoms with E-state index in [1.165, 1.54) is 0 Å². The second-order valence-corrected chi connectivity index (χ2v) is 5.33. The molecule has 0 saturated carbocycles. The summed E-state index contributed by atoms with van der Waals surface area (Å²) < 4.78 is 0. The summed E-state index contributed by atoms with van der Waals surface area (Å²) >= 11 is 0. The standard InChI is InChI=1S/C15H22N4/c1-12-7-8-18(2)11-14(10-17)19(12)15-6-4-3-5-13(15)9-16/h3-6,12,14H,7-8,10-11,17H2,1-2H3. The van der Waals surface area contributed by atoms with Gasteiger partial charge in [0.15, 0.2) is 0 Å². The lowest BCUT2D eigenvalue weighted by atomic mass is 10.1. The van der Waals surface area contributed by atoms with Gasteiger partial charge in [-0.2, -0.15) is 5.26 Å². The van der Waals surface area contributed by atoms with Gasteiger partial charge in [-0.15, -0.1) is 0 Å². The zero-order chi connectivity index (χ0) is 13.8. The number of hydrogen-bond acceptors (Lipinski definition) is 4. The third-order valence-corrected chi connectivity index (χ3v) is 3.89. The number of benzene rings is 1. The van der Waals surface area contributed by atoms with Crippen LogP contribution in [0.25, 0.3) is 0 Å². The number of anilines is 1. The molecule has 4 nitrogen and oxygen atoms in total. The Morgan fingerprint density at radius 2 is 2.16 bits per heavy atom. The van der Waals surface area contributed by atoms with Crippen LogP contribution in [0.15, 0.2) is 24.3 Å². The van der Waals surface area contributed by atoms with Gasteiger partial charge in [-0.3, -0.25) is 0 Å². The maximum absolute atomic E-state index is 9.30. The predicted octanol–water partition coefficient (Wildman–Crippen LogP) is 1.42. The van der Waals surface area contributed by atoms with Crippen LogP contribution in [0.5, 0.6) is 0 Å². The van der Waals surface area contributed by atoms with E-state index in [0.717, 1.165) is 30.8 Å². The van der Waals surface area contributed by atoms with Gasteiger partial charge >= 0.3 is 0 Å². The molecule has 2 unspecified atom stereocenters. The van der Waals surface area contributed by atoms with Crippen molar-refractivity contribution >= 4 is 5.69 Å². The highest BCUT2D eigenvalue weighted by Crippen LogP contribution is 2.27. The van der Waals surface area contributed by atoms with Crippen LogP contribution in [0, 0.1) is 11.3 Å². The first kappa shape index (κ1) is 13.9. The largest absolute Gasteiger partial charge is 0.362 e. The van der Waals surface area contributed by atoms with Gasteiger partial charge < -0.3 is 15.5 Å². The summed E-state index contributed by atoms with van der Waals surface area (Å²) in [5.74, 6) is 0. The molecule has 1 aromatic rings. The number of para-hydroxylation sites is 1. The molecule has 0 spiro atoms. The fraction of sp³-hybridized carbons (Fsp3) is 0.533. The molecular weight excluding hydrogens is 236 g/mol. The fourth-order valence-corrected chi connectivity index (χ4v) is 2.86. The monoisotopic (exact) mass is 258 g/mol. The smallest absolute Gasteiger partial charge is 0.101 e. The highest BCUT2D eigenvalue weighted by atomic mass is 15.3. The van der Waals surface area contributed by atoms with Crippen molar-refractivity contribution in [1.29, 1.82) is 5.26 Å². The highest BCUT2D eigenvalue weighted by molar-refractivity contribution is 5.60. The minimum Gasteiger partial charge on any atom is -0.362 e. The van der Waals surface area contributed by atoms with Crippen LogP contribution in [0.2, 0.25) is 0 Å². The van der Waals surface area contributed by atoms with Gasteiger partial charge in [-0.05, 0) is 39.1 Å². The number of hydrogen-bond donors (Lipinski definition) is 1. The summed E-state index contributed by atoms with van der Waals surface area (Å²) in [6.45, 7) is 4.84. The summed E-state index contributed by atoms with van der Waals surface area (Å²) in [4.78, 5) is 4.66. The van der Waals surface area contributed by atoms with Crippen LogP contribution in [0.1, 0.15) is 18.9 Å². The molecule has 102 valence electrons. The Morgan fingerprint density at radius 1 is 1.42 bits per heavy atom. The van der Waals surface area contributed by atoms with Crippen molar-refractivity contribution in [2.24, 2.45) is 5.73 Å². The Morgan fingerprint density at radius 3 is 2.84 bits per heavy atom. The minimum absolute atomic E-state index is 0.261. The summed E-state index contributed by atoms with van der Waals surface area (Å²) in [5, 5.41) is 9.30. The maximum Gasteiger partial charge on any atom is 0.101 e. The fourth-order valence-electron chi connectivity index (χ4n) is 2.86. The molecule has 0 amide bonds. The topological polar surface area (TPSA) is 56.3 Å². The Bertz CT molecular complexity index is 465. The number of nitrogens with two attached hydrogens (primary N) is 1. The average molecular weight is 258 g/mol. The molecule has 0 bridgehead atoms. The Balaban J connectivity index is 2.40. The zero-order valence-electron chi connectivity index (χ0n) is 11.7. The van der Waals surface area contributed by atoms with E-state index in [2.05, 4.69) is 29.8 Å². The van der Waals surface area contributed by atoms with Crippen LogP contribution < -0.4 is 10.6 Å². The normalized spacial score (nSPS) is 24.8. The first-order valence-electron chi connectivity index (χ1n) is 6.83. The Labute approximate surface area is 115 Å². The molecule has 4 heteroatoms. The van der Waals surface area contributed by atoms with E-state index in [4.69, 9.17) is 5.73 Å². The second kappa shape index (κ2) is 6.05. The van der Waals surface area contributed by atoms with E-state index in [1.807, 2.05) is 24.3 Å².